The summed E-state index contributed by atoms with van der Waals surface area (Å²) >= 11 is 9.43. The molecule has 7 heteroatoms. The van der Waals surface area contributed by atoms with Gasteiger partial charge in [0.1, 0.15) is 10.8 Å². The minimum atomic E-state index is -0.358. The normalized spacial score (nSPS) is 10.7. The lowest BCUT2D eigenvalue weighted by atomic mass is 10.3. The number of anilines is 1. The van der Waals surface area contributed by atoms with Gasteiger partial charge in [0.2, 0.25) is 0 Å². The highest BCUT2D eigenvalue weighted by Gasteiger charge is 2.10. The van der Waals surface area contributed by atoms with E-state index in [1.54, 1.807) is 18.3 Å². The number of nitrogens with zero attached hydrogens (tertiary/aromatic N) is 2. The van der Waals surface area contributed by atoms with Crippen LogP contribution in [-0.4, -0.2) is 16.3 Å². The second-order valence-electron chi connectivity index (χ2n) is 4.81. The summed E-state index contributed by atoms with van der Waals surface area (Å²) in [6.45, 7) is 0.580. The summed E-state index contributed by atoms with van der Waals surface area (Å²) in [5.41, 5.74) is 0.824. The van der Waals surface area contributed by atoms with Gasteiger partial charge in [0.05, 0.1) is 17.6 Å². The molecule has 3 rings (SSSR count). The first-order valence-electron chi connectivity index (χ1n) is 6.96. The minimum Gasteiger partial charge on any atom is -0.454 e. The van der Waals surface area contributed by atoms with E-state index in [-0.39, 0.29) is 10.6 Å². The van der Waals surface area contributed by atoms with Crippen molar-refractivity contribution in [3.05, 3.63) is 74.5 Å². The van der Waals surface area contributed by atoms with Crippen LogP contribution in [0.15, 0.2) is 62.5 Å². The zero-order valence-corrected chi connectivity index (χ0v) is 14.3. The molecule has 0 saturated heterocycles. The van der Waals surface area contributed by atoms with Crippen molar-refractivity contribution in [3.8, 4) is 5.69 Å². The van der Waals surface area contributed by atoms with E-state index in [2.05, 4.69) is 26.3 Å². The quantitative estimate of drug-likeness (QED) is 0.713. The lowest BCUT2D eigenvalue weighted by Gasteiger charge is -2.09. The molecule has 0 unspecified atom stereocenters. The summed E-state index contributed by atoms with van der Waals surface area (Å²) in [7, 11) is 0. The van der Waals surface area contributed by atoms with Gasteiger partial charge in [-0.3, -0.25) is 4.79 Å². The lowest BCUT2D eigenvalue weighted by Crippen LogP contribution is -2.23. The zero-order chi connectivity index (χ0) is 16.2. The standard InChI is InChI=1S/C16H13BrClN3O2/c17-14-7-6-12(23-14)8-9-19-13-10-20-21(16(22)15(13)18)11-4-2-1-3-5-11/h1-7,10,19H,8-9H2. The highest BCUT2D eigenvalue weighted by Crippen LogP contribution is 2.18. The summed E-state index contributed by atoms with van der Waals surface area (Å²) in [6.07, 6.45) is 2.22. The summed E-state index contributed by atoms with van der Waals surface area (Å²) in [4.78, 5) is 12.3. The van der Waals surface area contributed by atoms with Crippen LogP contribution in [0.5, 0.6) is 0 Å². The Bertz CT molecular complexity index is 861. The molecule has 2 heterocycles. The Morgan fingerprint density at radius 3 is 2.70 bits per heavy atom. The average Bonchev–Trinajstić information content (AvgIpc) is 2.98. The number of aromatic nitrogens is 2. The van der Waals surface area contributed by atoms with Gasteiger partial charge in [-0.2, -0.15) is 9.78 Å². The van der Waals surface area contributed by atoms with Gasteiger partial charge in [0.25, 0.3) is 5.56 Å². The summed E-state index contributed by atoms with van der Waals surface area (Å²) in [6, 6.07) is 12.9. The Morgan fingerprint density at radius 1 is 1.22 bits per heavy atom. The second-order valence-corrected chi connectivity index (χ2v) is 5.97. The Balaban J connectivity index is 1.74. The summed E-state index contributed by atoms with van der Waals surface area (Å²) < 4.78 is 7.38. The predicted molar refractivity (Wildman–Crippen MR) is 93.4 cm³/mol. The molecule has 0 fully saturated rings. The molecule has 118 valence electrons. The number of furan rings is 1. The van der Waals surface area contributed by atoms with Crippen LogP contribution >= 0.6 is 27.5 Å². The number of hydrogen-bond acceptors (Lipinski definition) is 4. The molecule has 0 radical (unpaired) electrons. The van der Waals surface area contributed by atoms with Gasteiger partial charge in [-0.25, -0.2) is 0 Å². The molecule has 23 heavy (non-hydrogen) atoms. The van der Waals surface area contributed by atoms with E-state index in [9.17, 15) is 4.79 Å². The third-order valence-corrected chi connectivity index (χ3v) is 4.03. The van der Waals surface area contributed by atoms with Crippen molar-refractivity contribution in [3.63, 3.8) is 0 Å². The van der Waals surface area contributed by atoms with Crippen LogP contribution < -0.4 is 10.9 Å². The van der Waals surface area contributed by atoms with Crippen molar-refractivity contribution < 1.29 is 4.42 Å². The monoisotopic (exact) mass is 393 g/mol. The maximum atomic E-state index is 12.3. The van der Waals surface area contributed by atoms with E-state index < -0.39 is 0 Å². The lowest BCUT2D eigenvalue weighted by molar-refractivity contribution is 0.491. The first kappa shape index (κ1) is 15.8. The molecule has 3 aromatic rings. The van der Waals surface area contributed by atoms with Crippen LogP contribution in [0.4, 0.5) is 5.69 Å². The third-order valence-electron chi connectivity index (χ3n) is 3.24. The maximum Gasteiger partial charge on any atom is 0.292 e. The van der Waals surface area contributed by atoms with Gasteiger partial charge in [-0.05, 0) is 40.2 Å². The van der Waals surface area contributed by atoms with E-state index in [4.69, 9.17) is 16.0 Å². The van der Waals surface area contributed by atoms with E-state index in [1.807, 2.05) is 30.3 Å². The fourth-order valence-electron chi connectivity index (χ4n) is 2.12. The van der Waals surface area contributed by atoms with Gasteiger partial charge in [-0.1, -0.05) is 29.8 Å². The van der Waals surface area contributed by atoms with Gasteiger partial charge < -0.3 is 9.73 Å². The van der Waals surface area contributed by atoms with Crippen molar-refractivity contribution in [1.29, 1.82) is 0 Å². The molecule has 0 aliphatic carbocycles. The summed E-state index contributed by atoms with van der Waals surface area (Å²) in [5, 5.41) is 7.39. The van der Waals surface area contributed by atoms with Crippen LogP contribution in [0, 0.1) is 0 Å². The topological polar surface area (TPSA) is 60.1 Å². The van der Waals surface area contributed by atoms with Gasteiger partial charge >= 0.3 is 0 Å². The zero-order valence-electron chi connectivity index (χ0n) is 12.0. The number of hydrogen-bond donors (Lipinski definition) is 1. The van der Waals surface area contributed by atoms with E-state index in [1.165, 1.54) is 4.68 Å². The molecule has 0 atom stereocenters. The number of halogens is 2. The van der Waals surface area contributed by atoms with Gasteiger partial charge in [-0.15, -0.1) is 0 Å². The van der Waals surface area contributed by atoms with Crippen molar-refractivity contribution in [2.75, 3.05) is 11.9 Å². The van der Waals surface area contributed by atoms with Crippen LogP contribution in [0.2, 0.25) is 5.02 Å². The molecule has 0 bridgehead atoms. The second kappa shape index (κ2) is 7.02. The van der Waals surface area contributed by atoms with E-state index in [0.717, 1.165) is 5.76 Å². The highest BCUT2D eigenvalue weighted by molar-refractivity contribution is 9.10. The minimum absolute atomic E-state index is 0.115. The maximum absolute atomic E-state index is 12.3. The molecule has 0 aliphatic rings. The molecule has 0 aliphatic heterocycles. The Morgan fingerprint density at radius 2 is 2.00 bits per heavy atom. The molecule has 1 aromatic carbocycles. The third kappa shape index (κ3) is 3.65. The Hall–Kier alpha value is -2.05. The molecule has 5 nitrogen and oxygen atoms in total. The predicted octanol–water partition coefficient (Wildman–Crippen LogP) is 3.90. The fraction of sp³-hybridized carbons (Fsp3) is 0.125. The number of nitrogens with one attached hydrogen (secondary N) is 1. The summed E-state index contributed by atoms with van der Waals surface area (Å²) in [5.74, 6) is 0.839. The van der Waals surface area contributed by atoms with Gasteiger partial charge in [0.15, 0.2) is 4.67 Å². The van der Waals surface area contributed by atoms with Crippen LogP contribution in [-0.2, 0) is 6.42 Å². The highest BCUT2D eigenvalue weighted by atomic mass is 79.9. The van der Waals surface area contributed by atoms with Crippen molar-refractivity contribution >= 4 is 33.2 Å². The number of para-hydroxylation sites is 1. The Kier molecular flexibility index (Phi) is 4.83. The Labute approximate surface area is 146 Å². The molecular formula is C16H13BrClN3O2. The molecular weight excluding hydrogens is 382 g/mol. The molecule has 2 aromatic heterocycles. The first-order chi connectivity index (χ1) is 11.1. The van der Waals surface area contributed by atoms with Crippen molar-refractivity contribution in [2.45, 2.75) is 6.42 Å². The van der Waals surface area contributed by atoms with Gasteiger partial charge in [0, 0.05) is 13.0 Å². The average molecular weight is 395 g/mol. The molecule has 1 N–H and O–H groups in total. The van der Waals surface area contributed by atoms with Crippen LogP contribution in [0.1, 0.15) is 5.76 Å². The van der Waals surface area contributed by atoms with E-state index in [0.29, 0.717) is 29.0 Å². The first-order valence-corrected chi connectivity index (χ1v) is 8.13. The fourth-order valence-corrected chi connectivity index (χ4v) is 2.65. The number of rotatable bonds is 5. The molecule has 0 spiro atoms. The SMILES string of the molecule is O=c1c(Cl)c(NCCc2ccc(Br)o2)cnn1-c1ccccc1. The van der Waals surface area contributed by atoms with Crippen LogP contribution in [0.25, 0.3) is 5.69 Å². The molecule has 0 amide bonds. The van der Waals surface area contributed by atoms with E-state index >= 15 is 0 Å². The smallest absolute Gasteiger partial charge is 0.292 e. The van der Waals surface area contributed by atoms with Crippen LogP contribution in [0.3, 0.4) is 0 Å². The van der Waals surface area contributed by atoms with Crippen molar-refractivity contribution in [1.82, 2.24) is 9.78 Å². The number of benzene rings is 1. The largest absolute Gasteiger partial charge is 0.454 e. The molecule has 0 saturated carbocycles. The van der Waals surface area contributed by atoms with Crippen molar-refractivity contribution in [2.24, 2.45) is 0 Å².